The number of carbonyl (C=O) groups is 2. The first-order chi connectivity index (χ1) is 11.2. The summed E-state index contributed by atoms with van der Waals surface area (Å²) >= 11 is 0. The van der Waals surface area contributed by atoms with Gasteiger partial charge in [0.25, 0.3) is 0 Å². The van der Waals surface area contributed by atoms with Crippen molar-refractivity contribution in [2.24, 2.45) is 11.8 Å². The van der Waals surface area contributed by atoms with Crippen LogP contribution in [0.25, 0.3) is 0 Å². The Kier molecular flexibility index (Phi) is 6.12. The smallest absolute Gasteiger partial charge is 0.317 e. The van der Waals surface area contributed by atoms with E-state index in [0.717, 1.165) is 19.3 Å². The lowest BCUT2D eigenvalue weighted by atomic mass is 9.91. The minimum atomic E-state index is -0.226. The summed E-state index contributed by atoms with van der Waals surface area (Å²) in [7, 11) is 0. The summed E-state index contributed by atoms with van der Waals surface area (Å²) in [5.74, 6) is 0.433. The molecule has 2 atom stereocenters. The summed E-state index contributed by atoms with van der Waals surface area (Å²) in [6, 6.07) is 0.140. The molecule has 0 radical (unpaired) electrons. The van der Waals surface area contributed by atoms with E-state index in [1.165, 1.54) is 0 Å². The summed E-state index contributed by atoms with van der Waals surface area (Å²) in [6.45, 7) is 12.2. The van der Waals surface area contributed by atoms with Gasteiger partial charge in [0.15, 0.2) is 0 Å². The van der Waals surface area contributed by atoms with Gasteiger partial charge in [0.05, 0.1) is 12.0 Å². The van der Waals surface area contributed by atoms with E-state index in [-0.39, 0.29) is 35.5 Å². The second kappa shape index (κ2) is 7.72. The molecule has 3 amide bonds. The number of piperidine rings is 1. The average molecular weight is 339 g/mol. The zero-order chi connectivity index (χ0) is 17.9. The van der Waals surface area contributed by atoms with E-state index in [4.69, 9.17) is 4.74 Å². The van der Waals surface area contributed by atoms with Crippen molar-refractivity contribution in [3.05, 3.63) is 0 Å². The summed E-state index contributed by atoms with van der Waals surface area (Å²) < 4.78 is 5.71. The standard InChI is InChI=1S/C18H33N3O3/c1-12(2)15-14(8-11-24-15)16(22)19-13-6-9-21(10-7-13)17(23)20-18(3,4)5/h12-15H,6-11H2,1-5H3,(H,19,22)(H,20,23). The minimum Gasteiger partial charge on any atom is -0.377 e. The first-order valence-corrected chi connectivity index (χ1v) is 9.16. The zero-order valence-corrected chi connectivity index (χ0v) is 15.7. The molecule has 2 aliphatic heterocycles. The van der Waals surface area contributed by atoms with E-state index in [1.807, 2.05) is 25.7 Å². The molecule has 0 aromatic rings. The summed E-state index contributed by atoms with van der Waals surface area (Å²) in [6.07, 6.45) is 2.45. The number of urea groups is 1. The molecule has 0 saturated carbocycles. The lowest BCUT2D eigenvalue weighted by molar-refractivity contribution is -0.128. The maximum atomic E-state index is 12.5. The van der Waals surface area contributed by atoms with Crippen molar-refractivity contribution in [2.75, 3.05) is 19.7 Å². The highest BCUT2D eigenvalue weighted by Crippen LogP contribution is 2.27. The van der Waals surface area contributed by atoms with Gasteiger partial charge < -0.3 is 20.3 Å². The van der Waals surface area contributed by atoms with Crippen molar-refractivity contribution in [2.45, 2.75) is 71.6 Å². The molecule has 2 heterocycles. The third-order valence-electron chi connectivity index (χ3n) is 4.74. The Morgan fingerprint density at radius 2 is 1.75 bits per heavy atom. The van der Waals surface area contributed by atoms with Gasteiger partial charge in [0.1, 0.15) is 0 Å². The molecule has 2 aliphatic rings. The second-order valence-corrected chi connectivity index (χ2v) is 8.42. The molecule has 2 fully saturated rings. The number of likely N-dealkylation sites (tertiary alicyclic amines) is 1. The van der Waals surface area contributed by atoms with E-state index in [2.05, 4.69) is 24.5 Å². The molecule has 0 bridgehead atoms. The third kappa shape index (κ3) is 5.10. The van der Waals surface area contributed by atoms with E-state index < -0.39 is 0 Å². The minimum absolute atomic E-state index is 0.0173. The first kappa shape index (κ1) is 19.0. The molecule has 0 aliphatic carbocycles. The van der Waals surface area contributed by atoms with Crippen LogP contribution in [0.15, 0.2) is 0 Å². The Morgan fingerprint density at radius 3 is 2.29 bits per heavy atom. The monoisotopic (exact) mass is 339 g/mol. The Labute approximate surface area is 145 Å². The van der Waals surface area contributed by atoms with Crippen LogP contribution in [0.2, 0.25) is 0 Å². The topological polar surface area (TPSA) is 70.7 Å². The van der Waals surface area contributed by atoms with E-state index in [1.54, 1.807) is 0 Å². The fourth-order valence-corrected chi connectivity index (χ4v) is 3.48. The van der Waals surface area contributed by atoms with Gasteiger partial charge in [-0.25, -0.2) is 4.79 Å². The maximum Gasteiger partial charge on any atom is 0.317 e. The van der Waals surface area contributed by atoms with Crippen molar-refractivity contribution in [3.63, 3.8) is 0 Å². The molecular weight excluding hydrogens is 306 g/mol. The van der Waals surface area contributed by atoms with E-state index in [9.17, 15) is 9.59 Å². The largest absolute Gasteiger partial charge is 0.377 e. The molecule has 2 rings (SSSR count). The number of hydrogen-bond acceptors (Lipinski definition) is 3. The molecule has 6 heteroatoms. The lowest BCUT2D eigenvalue weighted by Gasteiger charge is -2.35. The van der Waals surface area contributed by atoms with Gasteiger partial charge in [-0.3, -0.25) is 4.79 Å². The molecule has 0 aromatic heterocycles. The fraction of sp³-hybridized carbons (Fsp3) is 0.889. The van der Waals surface area contributed by atoms with Crippen LogP contribution >= 0.6 is 0 Å². The quantitative estimate of drug-likeness (QED) is 0.827. The number of ether oxygens (including phenoxy) is 1. The molecule has 0 spiro atoms. The van der Waals surface area contributed by atoms with Gasteiger partial charge in [-0.15, -0.1) is 0 Å². The van der Waals surface area contributed by atoms with Crippen molar-refractivity contribution in [1.82, 2.24) is 15.5 Å². The summed E-state index contributed by atoms with van der Waals surface area (Å²) in [4.78, 5) is 26.6. The van der Waals surface area contributed by atoms with Gasteiger partial charge in [0, 0.05) is 31.3 Å². The van der Waals surface area contributed by atoms with Crippen LogP contribution in [0.5, 0.6) is 0 Å². The number of carbonyl (C=O) groups excluding carboxylic acids is 2. The predicted octanol–water partition coefficient (Wildman–Crippen LogP) is 2.14. The van der Waals surface area contributed by atoms with Gasteiger partial charge in [-0.2, -0.15) is 0 Å². The first-order valence-electron chi connectivity index (χ1n) is 9.16. The molecule has 138 valence electrons. The van der Waals surface area contributed by atoms with Crippen molar-refractivity contribution in [1.29, 1.82) is 0 Å². The molecule has 2 saturated heterocycles. The average Bonchev–Trinajstić information content (AvgIpc) is 2.96. The summed E-state index contributed by atoms with van der Waals surface area (Å²) in [5.41, 5.74) is -0.226. The number of amides is 3. The van der Waals surface area contributed by atoms with Crippen molar-refractivity contribution >= 4 is 11.9 Å². The lowest BCUT2D eigenvalue weighted by Crippen LogP contribution is -2.53. The van der Waals surface area contributed by atoms with E-state index in [0.29, 0.717) is 25.6 Å². The van der Waals surface area contributed by atoms with E-state index >= 15 is 0 Å². The van der Waals surface area contributed by atoms with Crippen LogP contribution in [0, 0.1) is 11.8 Å². The molecule has 2 unspecified atom stereocenters. The van der Waals surface area contributed by atoms with Crippen LogP contribution in [-0.2, 0) is 9.53 Å². The Balaban J connectivity index is 1.78. The predicted molar refractivity (Wildman–Crippen MR) is 93.7 cm³/mol. The second-order valence-electron chi connectivity index (χ2n) is 8.42. The van der Waals surface area contributed by atoms with Gasteiger partial charge in [-0.05, 0) is 46.0 Å². The van der Waals surface area contributed by atoms with Crippen molar-refractivity contribution in [3.8, 4) is 0 Å². The fourth-order valence-electron chi connectivity index (χ4n) is 3.48. The van der Waals surface area contributed by atoms with Crippen LogP contribution < -0.4 is 10.6 Å². The van der Waals surface area contributed by atoms with Crippen LogP contribution in [0.1, 0.15) is 53.9 Å². The number of rotatable bonds is 3. The van der Waals surface area contributed by atoms with Gasteiger partial charge >= 0.3 is 6.03 Å². The zero-order valence-electron chi connectivity index (χ0n) is 15.7. The molecule has 0 aromatic carbocycles. The van der Waals surface area contributed by atoms with Crippen LogP contribution in [0.3, 0.4) is 0 Å². The van der Waals surface area contributed by atoms with Gasteiger partial charge in [0.2, 0.25) is 5.91 Å². The molecular formula is C18H33N3O3. The highest BCUT2D eigenvalue weighted by atomic mass is 16.5. The molecule has 6 nitrogen and oxygen atoms in total. The molecule has 24 heavy (non-hydrogen) atoms. The third-order valence-corrected chi connectivity index (χ3v) is 4.74. The van der Waals surface area contributed by atoms with Crippen LogP contribution in [0.4, 0.5) is 4.79 Å². The molecule has 2 N–H and O–H groups in total. The normalized spacial score (nSPS) is 25.8. The Bertz CT molecular complexity index is 451. The number of nitrogens with zero attached hydrogens (tertiary/aromatic N) is 1. The Hall–Kier alpha value is -1.30. The number of nitrogens with one attached hydrogen (secondary N) is 2. The van der Waals surface area contributed by atoms with Crippen LogP contribution in [-0.4, -0.2) is 54.2 Å². The SMILES string of the molecule is CC(C)C1OCCC1C(=O)NC1CCN(C(=O)NC(C)(C)C)CC1. The van der Waals surface area contributed by atoms with Gasteiger partial charge in [-0.1, -0.05) is 13.8 Å². The number of hydrogen-bond donors (Lipinski definition) is 2. The maximum absolute atomic E-state index is 12.5. The Morgan fingerprint density at radius 1 is 1.12 bits per heavy atom. The highest BCUT2D eigenvalue weighted by Gasteiger charge is 2.37. The van der Waals surface area contributed by atoms with Crippen molar-refractivity contribution < 1.29 is 14.3 Å². The highest BCUT2D eigenvalue weighted by molar-refractivity contribution is 5.80. The summed E-state index contributed by atoms with van der Waals surface area (Å²) in [5, 5.41) is 6.17.